The molecule has 156 valence electrons. The Morgan fingerprint density at radius 2 is 2.00 bits per heavy atom. The highest BCUT2D eigenvalue weighted by molar-refractivity contribution is 7.12. The molecular weight excluding hydrogens is 388 g/mol. The quantitative estimate of drug-likeness (QED) is 0.751. The molecule has 7 heteroatoms. The van der Waals surface area contributed by atoms with Gasteiger partial charge in [0.1, 0.15) is 11.5 Å². The van der Waals surface area contributed by atoms with Gasteiger partial charge in [-0.3, -0.25) is 9.59 Å². The molecule has 1 N–H and O–H groups in total. The maximum absolute atomic E-state index is 13.0. The van der Waals surface area contributed by atoms with Gasteiger partial charge in [-0.05, 0) is 23.4 Å². The minimum absolute atomic E-state index is 0.0250. The fourth-order valence-corrected chi connectivity index (χ4v) is 4.36. The van der Waals surface area contributed by atoms with E-state index in [1.165, 1.54) is 11.3 Å². The molecule has 6 nitrogen and oxygen atoms in total. The lowest BCUT2D eigenvalue weighted by molar-refractivity contribution is -0.125. The minimum atomic E-state index is -0.333. The monoisotopic (exact) mass is 416 g/mol. The molecule has 1 aromatic carbocycles. The molecule has 1 saturated heterocycles. The van der Waals surface area contributed by atoms with E-state index in [9.17, 15) is 9.59 Å². The van der Waals surface area contributed by atoms with Crippen molar-refractivity contribution in [3.05, 3.63) is 46.2 Å². The van der Waals surface area contributed by atoms with Gasteiger partial charge in [-0.2, -0.15) is 0 Å². The van der Waals surface area contributed by atoms with Crippen LogP contribution in [0.15, 0.2) is 35.7 Å². The lowest BCUT2D eigenvalue weighted by Crippen LogP contribution is -2.37. The zero-order valence-corrected chi connectivity index (χ0v) is 18.1. The summed E-state index contributed by atoms with van der Waals surface area (Å²) in [6, 6.07) is 9.31. The number of likely N-dealkylation sites (tertiary alicyclic amines) is 1. The molecule has 1 fully saturated rings. The molecule has 0 bridgehead atoms. The number of hydrogen-bond donors (Lipinski definition) is 1. The van der Waals surface area contributed by atoms with Crippen LogP contribution in [0.25, 0.3) is 0 Å². The molecule has 2 atom stereocenters. The molecule has 0 aliphatic carbocycles. The third-order valence-electron chi connectivity index (χ3n) is 5.20. The molecule has 0 spiro atoms. The van der Waals surface area contributed by atoms with Crippen molar-refractivity contribution in [2.45, 2.75) is 19.8 Å². The van der Waals surface area contributed by atoms with E-state index in [0.29, 0.717) is 41.9 Å². The van der Waals surface area contributed by atoms with E-state index >= 15 is 0 Å². The summed E-state index contributed by atoms with van der Waals surface area (Å²) in [6.07, 6.45) is 0. The first-order valence-corrected chi connectivity index (χ1v) is 10.6. The Hall–Kier alpha value is -2.54. The predicted octanol–water partition coefficient (Wildman–Crippen LogP) is 3.39. The molecule has 0 radical (unpaired) electrons. The van der Waals surface area contributed by atoms with Crippen molar-refractivity contribution < 1.29 is 19.1 Å². The molecule has 0 unspecified atom stereocenters. The van der Waals surface area contributed by atoms with Gasteiger partial charge in [0.15, 0.2) is 0 Å². The van der Waals surface area contributed by atoms with E-state index in [1.807, 2.05) is 35.7 Å². The second kappa shape index (κ2) is 9.31. The predicted molar refractivity (Wildman–Crippen MR) is 114 cm³/mol. The molecule has 1 aromatic heterocycles. The third kappa shape index (κ3) is 4.72. The first kappa shape index (κ1) is 21.2. The number of nitrogens with zero attached hydrogens (tertiary/aromatic N) is 1. The summed E-state index contributed by atoms with van der Waals surface area (Å²) in [5.41, 5.74) is 0.916. The maximum atomic E-state index is 13.0. The first-order chi connectivity index (χ1) is 13.9. The number of nitrogens with one attached hydrogen (secondary N) is 1. The van der Waals surface area contributed by atoms with Gasteiger partial charge in [-0.25, -0.2) is 0 Å². The van der Waals surface area contributed by atoms with E-state index in [4.69, 9.17) is 9.47 Å². The second-order valence-corrected chi connectivity index (χ2v) is 8.59. The molecule has 3 rings (SSSR count). The topological polar surface area (TPSA) is 67.9 Å². The van der Waals surface area contributed by atoms with Gasteiger partial charge >= 0.3 is 0 Å². The van der Waals surface area contributed by atoms with Gasteiger partial charge in [0, 0.05) is 37.2 Å². The standard InChI is InChI=1S/C22H28N2O4S/c1-14(2)11-23-21(25)18-13-24(22(26)20-6-5-9-29-20)12-17(18)16-8-7-15(27-3)10-19(16)28-4/h5-10,14,17-18H,11-13H2,1-4H3,(H,23,25)/t17-,18-/m1/s1. The van der Waals surface area contributed by atoms with E-state index in [-0.39, 0.29) is 23.7 Å². The summed E-state index contributed by atoms with van der Waals surface area (Å²) in [5, 5.41) is 4.93. The van der Waals surface area contributed by atoms with Crippen LogP contribution in [-0.2, 0) is 4.79 Å². The number of carbonyl (C=O) groups excluding carboxylic acids is 2. The highest BCUT2D eigenvalue weighted by Gasteiger charge is 2.42. The normalized spacial score (nSPS) is 18.7. The fraction of sp³-hybridized carbons (Fsp3) is 0.455. The minimum Gasteiger partial charge on any atom is -0.497 e. The van der Waals surface area contributed by atoms with Crippen LogP contribution in [-0.4, -0.2) is 50.6 Å². The number of carbonyl (C=O) groups is 2. The van der Waals surface area contributed by atoms with E-state index in [1.54, 1.807) is 19.1 Å². The molecule has 1 aliphatic heterocycles. The first-order valence-electron chi connectivity index (χ1n) is 9.77. The zero-order chi connectivity index (χ0) is 21.0. The van der Waals surface area contributed by atoms with Crippen molar-refractivity contribution in [2.24, 2.45) is 11.8 Å². The number of benzene rings is 1. The van der Waals surface area contributed by atoms with E-state index in [0.717, 1.165) is 5.56 Å². The average Bonchev–Trinajstić information content (AvgIpc) is 3.41. The van der Waals surface area contributed by atoms with Gasteiger partial charge in [0.25, 0.3) is 5.91 Å². The number of methoxy groups -OCH3 is 2. The van der Waals surface area contributed by atoms with Gasteiger partial charge in [-0.15, -0.1) is 11.3 Å². The number of amides is 2. The van der Waals surface area contributed by atoms with Gasteiger partial charge in [0.05, 0.1) is 25.0 Å². The van der Waals surface area contributed by atoms with Crippen LogP contribution in [0.1, 0.15) is 35.0 Å². The summed E-state index contributed by atoms with van der Waals surface area (Å²) in [7, 11) is 3.21. The van der Waals surface area contributed by atoms with Gasteiger partial charge < -0.3 is 19.7 Å². The summed E-state index contributed by atoms with van der Waals surface area (Å²) in [5.74, 6) is 1.18. The van der Waals surface area contributed by atoms with Crippen LogP contribution in [0, 0.1) is 11.8 Å². The molecule has 2 amide bonds. The lowest BCUT2D eigenvalue weighted by Gasteiger charge is -2.21. The Labute approximate surface area is 175 Å². The molecule has 2 aromatic rings. The highest BCUT2D eigenvalue weighted by atomic mass is 32.1. The Balaban J connectivity index is 1.90. The largest absolute Gasteiger partial charge is 0.497 e. The maximum Gasteiger partial charge on any atom is 0.263 e. The van der Waals surface area contributed by atoms with Crippen LogP contribution in [0.3, 0.4) is 0 Å². The SMILES string of the molecule is COc1ccc([C@H]2CN(C(=O)c3cccs3)C[C@H]2C(=O)NCC(C)C)c(OC)c1. The third-order valence-corrected chi connectivity index (χ3v) is 6.06. The van der Waals surface area contributed by atoms with Crippen molar-refractivity contribution in [1.29, 1.82) is 0 Å². The van der Waals surface area contributed by atoms with E-state index < -0.39 is 0 Å². The number of thiophene rings is 1. The molecular formula is C22H28N2O4S. The van der Waals surface area contributed by atoms with Crippen LogP contribution < -0.4 is 14.8 Å². The van der Waals surface area contributed by atoms with Crippen LogP contribution in [0.2, 0.25) is 0 Å². The lowest BCUT2D eigenvalue weighted by atomic mass is 9.87. The Morgan fingerprint density at radius 1 is 1.21 bits per heavy atom. The molecule has 1 aliphatic rings. The Kier molecular flexibility index (Phi) is 6.79. The van der Waals surface area contributed by atoms with Gasteiger partial charge in [0.2, 0.25) is 5.91 Å². The molecule has 2 heterocycles. The van der Waals surface area contributed by atoms with Crippen molar-refractivity contribution >= 4 is 23.2 Å². The average molecular weight is 417 g/mol. The van der Waals surface area contributed by atoms with Crippen molar-refractivity contribution in [3.63, 3.8) is 0 Å². The Bertz CT molecular complexity index is 851. The van der Waals surface area contributed by atoms with Crippen molar-refractivity contribution in [3.8, 4) is 11.5 Å². The highest BCUT2D eigenvalue weighted by Crippen LogP contribution is 2.40. The van der Waals surface area contributed by atoms with Crippen molar-refractivity contribution in [2.75, 3.05) is 33.9 Å². The van der Waals surface area contributed by atoms with Crippen LogP contribution in [0.4, 0.5) is 0 Å². The van der Waals surface area contributed by atoms with E-state index in [2.05, 4.69) is 19.2 Å². The smallest absolute Gasteiger partial charge is 0.263 e. The Morgan fingerprint density at radius 3 is 2.62 bits per heavy atom. The number of rotatable bonds is 7. The van der Waals surface area contributed by atoms with Crippen molar-refractivity contribution in [1.82, 2.24) is 10.2 Å². The number of ether oxygens (including phenoxy) is 2. The summed E-state index contributed by atoms with van der Waals surface area (Å²) in [6.45, 7) is 5.59. The zero-order valence-electron chi connectivity index (χ0n) is 17.3. The molecule has 29 heavy (non-hydrogen) atoms. The summed E-state index contributed by atoms with van der Waals surface area (Å²) < 4.78 is 10.9. The summed E-state index contributed by atoms with van der Waals surface area (Å²) >= 11 is 1.42. The fourth-order valence-electron chi connectivity index (χ4n) is 3.67. The molecule has 0 saturated carbocycles. The van der Waals surface area contributed by atoms with Crippen LogP contribution >= 0.6 is 11.3 Å². The van der Waals surface area contributed by atoms with Crippen LogP contribution in [0.5, 0.6) is 11.5 Å². The number of hydrogen-bond acceptors (Lipinski definition) is 5. The van der Waals surface area contributed by atoms with Gasteiger partial charge in [-0.1, -0.05) is 26.0 Å². The summed E-state index contributed by atoms with van der Waals surface area (Å²) in [4.78, 5) is 28.4. The second-order valence-electron chi connectivity index (χ2n) is 7.65.